The predicted molar refractivity (Wildman–Crippen MR) is 131 cm³/mol. The fraction of sp³-hybridized carbons (Fsp3) is 0.370. The van der Waals surface area contributed by atoms with Crippen LogP contribution in [-0.4, -0.2) is 25.7 Å². The highest BCUT2D eigenvalue weighted by atomic mass is 16.5. The van der Waals surface area contributed by atoms with E-state index in [4.69, 9.17) is 14.2 Å². The van der Waals surface area contributed by atoms with E-state index in [1.165, 1.54) is 0 Å². The van der Waals surface area contributed by atoms with E-state index >= 15 is 0 Å². The number of anilines is 1. The van der Waals surface area contributed by atoms with Crippen molar-refractivity contribution in [1.29, 1.82) is 0 Å². The fourth-order valence-electron chi connectivity index (χ4n) is 3.66. The average Bonchev–Trinajstić information content (AvgIpc) is 2.78. The first-order valence-corrected chi connectivity index (χ1v) is 10.9. The minimum absolute atomic E-state index is 0.198. The van der Waals surface area contributed by atoms with Crippen LogP contribution in [0.2, 0.25) is 0 Å². The first-order chi connectivity index (χ1) is 15.3. The Morgan fingerprint density at radius 2 is 1.94 bits per heavy atom. The molecule has 0 spiro atoms. The maximum absolute atomic E-state index is 13.2. The summed E-state index contributed by atoms with van der Waals surface area (Å²) in [6.45, 7) is 14.4. The van der Waals surface area contributed by atoms with Crippen molar-refractivity contribution in [1.82, 2.24) is 0 Å². The van der Waals surface area contributed by atoms with Crippen LogP contribution in [0.1, 0.15) is 44.7 Å². The number of hydrogen-bond acceptors (Lipinski definition) is 4. The molecule has 5 nitrogen and oxygen atoms in total. The molecular formula is C27H35NO4. The molecule has 2 rings (SSSR count). The van der Waals surface area contributed by atoms with Crippen LogP contribution in [0.15, 0.2) is 61.7 Å². The van der Waals surface area contributed by atoms with E-state index in [0.717, 1.165) is 29.7 Å². The van der Waals surface area contributed by atoms with Crippen molar-refractivity contribution in [3.05, 3.63) is 72.8 Å². The lowest BCUT2D eigenvalue weighted by Crippen LogP contribution is -2.42. The van der Waals surface area contributed by atoms with Crippen LogP contribution in [0, 0.1) is 5.41 Å². The Bertz CT molecular complexity index is 920. The van der Waals surface area contributed by atoms with Crippen molar-refractivity contribution in [3.63, 3.8) is 0 Å². The summed E-state index contributed by atoms with van der Waals surface area (Å²) in [7, 11) is 1.63. The Labute approximate surface area is 192 Å². The second kappa shape index (κ2) is 12.1. The van der Waals surface area contributed by atoms with E-state index in [1.807, 2.05) is 56.3 Å². The van der Waals surface area contributed by atoms with Crippen molar-refractivity contribution < 1.29 is 19.0 Å². The molecule has 0 saturated heterocycles. The number of carbonyl (C=O) groups excluding carboxylic acids is 1. The van der Waals surface area contributed by atoms with E-state index in [1.54, 1.807) is 19.3 Å². The van der Waals surface area contributed by atoms with Gasteiger partial charge in [0, 0.05) is 5.41 Å². The van der Waals surface area contributed by atoms with Crippen molar-refractivity contribution in [2.45, 2.75) is 46.3 Å². The van der Waals surface area contributed by atoms with Crippen LogP contribution in [0.25, 0.3) is 6.08 Å². The van der Waals surface area contributed by atoms with Crippen molar-refractivity contribution in [2.75, 3.05) is 19.0 Å². The molecule has 0 saturated carbocycles. The summed E-state index contributed by atoms with van der Waals surface area (Å²) in [5.41, 5.74) is 2.17. The van der Waals surface area contributed by atoms with E-state index < -0.39 is 6.10 Å². The highest BCUT2D eigenvalue weighted by Crippen LogP contribution is 2.32. The average molecular weight is 438 g/mol. The molecule has 1 atom stereocenters. The smallest absolute Gasteiger partial charge is 0.254 e. The van der Waals surface area contributed by atoms with Crippen LogP contribution in [0.4, 0.5) is 5.69 Å². The quantitative estimate of drug-likeness (QED) is 0.376. The summed E-state index contributed by atoms with van der Waals surface area (Å²) < 4.78 is 17.3. The van der Waals surface area contributed by atoms with Crippen LogP contribution in [0.5, 0.6) is 11.5 Å². The molecule has 172 valence electrons. The number of hydrogen-bond donors (Lipinski definition) is 1. The molecule has 0 aromatic heterocycles. The minimum atomic E-state index is -0.609. The monoisotopic (exact) mass is 437 g/mol. The number of ether oxygens (including phenoxy) is 3. The standard InChI is InChI=1S/C27H35NO4/c1-7-14-27(4,5)25(31-15-8-2)26(29)28-23-12-10-11-13-24(23)32-19-21-16-20(9-3)17-22(18-21)30-6/h8-13,16-18,25H,2-3,7,14-15,19H2,1,4-6H3,(H,28,29). The van der Waals surface area contributed by atoms with E-state index in [9.17, 15) is 4.79 Å². The lowest BCUT2D eigenvalue weighted by molar-refractivity contribution is -0.134. The Balaban J connectivity index is 2.19. The molecule has 1 unspecified atom stereocenters. The summed E-state index contributed by atoms with van der Waals surface area (Å²) in [6, 6.07) is 13.2. The lowest BCUT2D eigenvalue weighted by Gasteiger charge is -2.33. The highest BCUT2D eigenvalue weighted by Gasteiger charge is 2.35. The van der Waals surface area contributed by atoms with Crippen molar-refractivity contribution >= 4 is 17.7 Å². The Kier molecular flexibility index (Phi) is 9.54. The Morgan fingerprint density at radius 1 is 1.19 bits per heavy atom. The van der Waals surface area contributed by atoms with Gasteiger partial charge in [-0.2, -0.15) is 0 Å². The molecule has 0 heterocycles. The third kappa shape index (κ3) is 6.99. The van der Waals surface area contributed by atoms with Gasteiger partial charge in [-0.1, -0.05) is 58.1 Å². The van der Waals surface area contributed by atoms with E-state index in [0.29, 0.717) is 24.7 Å². The van der Waals surface area contributed by atoms with Gasteiger partial charge < -0.3 is 19.5 Å². The Hall–Kier alpha value is -3.05. The zero-order chi connectivity index (χ0) is 23.6. The summed E-state index contributed by atoms with van der Waals surface area (Å²) in [6.07, 6.45) is 4.64. The van der Waals surface area contributed by atoms with Crippen LogP contribution < -0.4 is 14.8 Å². The van der Waals surface area contributed by atoms with Crippen LogP contribution in [-0.2, 0) is 16.1 Å². The summed E-state index contributed by atoms with van der Waals surface area (Å²) >= 11 is 0. The second-order valence-corrected chi connectivity index (χ2v) is 8.33. The fourth-order valence-corrected chi connectivity index (χ4v) is 3.66. The summed E-state index contributed by atoms with van der Waals surface area (Å²) in [5.74, 6) is 1.12. The van der Waals surface area contributed by atoms with E-state index in [2.05, 4.69) is 25.4 Å². The summed E-state index contributed by atoms with van der Waals surface area (Å²) in [4.78, 5) is 13.2. The first-order valence-electron chi connectivity index (χ1n) is 10.9. The topological polar surface area (TPSA) is 56.8 Å². The molecule has 32 heavy (non-hydrogen) atoms. The molecule has 2 aromatic carbocycles. The maximum Gasteiger partial charge on any atom is 0.254 e. The molecule has 0 bridgehead atoms. The van der Waals surface area contributed by atoms with Gasteiger partial charge in [0.1, 0.15) is 24.2 Å². The van der Waals surface area contributed by atoms with Gasteiger partial charge in [-0.05, 0) is 47.9 Å². The number of benzene rings is 2. The van der Waals surface area contributed by atoms with Gasteiger partial charge in [0.2, 0.25) is 0 Å². The van der Waals surface area contributed by atoms with Gasteiger partial charge in [0.25, 0.3) is 5.91 Å². The molecular weight excluding hydrogens is 402 g/mol. The minimum Gasteiger partial charge on any atom is -0.497 e. The number of nitrogens with one attached hydrogen (secondary N) is 1. The molecule has 0 radical (unpaired) electrons. The Morgan fingerprint density at radius 3 is 2.59 bits per heavy atom. The van der Waals surface area contributed by atoms with Gasteiger partial charge in [-0.15, -0.1) is 6.58 Å². The zero-order valence-corrected chi connectivity index (χ0v) is 19.6. The number of amides is 1. The third-order valence-electron chi connectivity index (χ3n) is 5.22. The largest absolute Gasteiger partial charge is 0.497 e. The van der Waals surface area contributed by atoms with E-state index in [-0.39, 0.29) is 11.3 Å². The first kappa shape index (κ1) is 25.2. The number of para-hydroxylation sites is 2. The van der Waals surface area contributed by atoms with Crippen molar-refractivity contribution in [2.24, 2.45) is 5.41 Å². The van der Waals surface area contributed by atoms with Gasteiger partial charge >= 0.3 is 0 Å². The van der Waals surface area contributed by atoms with Crippen molar-refractivity contribution in [3.8, 4) is 11.5 Å². The molecule has 5 heteroatoms. The van der Waals surface area contributed by atoms with Gasteiger partial charge in [0.15, 0.2) is 0 Å². The number of methoxy groups -OCH3 is 1. The number of carbonyl (C=O) groups is 1. The van der Waals surface area contributed by atoms with Crippen LogP contribution >= 0.6 is 0 Å². The second-order valence-electron chi connectivity index (χ2n) is 8.33. The SMILES string of the molecule is C=CCOC(C(=O)Nc1ccccc1OCc1cc(C=C)cc(OC)c1)C(C)(C)CCC. The molecule has 0 fully saturated rings. The molecule has 1 amide bonds. The van der Waals surface area contributed by atoms with Gasteiger partial charge in [-0.3, -0.25) is 4.79 Å². The zero-order valence-electron chi connectivity index (χ0n) is 19.6. The highest BCUT2D eigenvalue weighted by molar-refractivity contribution is 5.96. The molecule has 0 aliphatic carbocycles. The normalized spacial score (nSPS) is 12.0. The maximum atomic E-state index is 13.2. The number of rotatable bonds is 13. The van der Waals surface area contributed by atoms with Gasteiger partial charge in [0.05, 0.1) is 19.4 Å². The van der Waals surface area contributed by atoms with Gasteiger partial charge in [-0.25, -0.2) is 0 Å². The molecule has 2 aromatic rings. The molecule has 0 aliphatic heterocycles. The summed E-state index contributed by atoms with van der Waals surface area (Å²) in [5, 5.41) is 3.00. The third-order valence-corrected chi connectivity index (χ3v) is 5.22. The lowest BCUT2D eigenvalue weighted by atomic mass is 9.81. The molecule has 0 aliphatic rings. The predicted octanol–water partition coefficient (Wildman–Crippen LogP) is 6.25. The van der Waals surface area contributed by atoms with Crippen LogP contribution in [0.3, 0.4) is 0 Å². The molecule has 1 N–H and O–H groups in total.